The first-order valence-electron chi connectivity index (χ1n) is 4.86. The third kappa shape index (κ3) is 4.30. The van der Waals surface area contributed by atoms with Crippen molar-refractivity contribution in [3.05, 3.63) is 18.0 Å². The minimum absolute atomic E-state index is 0.252. The SMILES string of the molecule is Cc1cnc(SCCC(C)(C)C#N)nc1. The average molecular weight is 221 g/mol. The lowest BCUT2D eigenvalue weighted by atomic mass is 9.93. The Morgan fingerprint density at radius 1 is 1.40 bits per heavy atom. The summed E-state index contributed by atoms with van der Waals surface area (Å²) in [6, 6.07) is 2.28. The molecule has 0 aliphatic carbocycles. The Kier molecular flexibility index (Phi) is 4.10. The lowest BCUT2D eigenvalue weighted by Gasteiger charge is -2.13. The van der Waals surface area contributed by atoms with Gasteiger partial charge in [0.2, 0.25) is 0 Å². The molecule has 0 N–H and O–H groups in total. The fourth-order valence-corrected chi connectivity index (χ4v) is 1.96. The van der Waals surface area contributed by atoms with Crippen LogP contribution in [-0.2, 0) is 0 Å². The molecule has 1 rings (SSSR count). The molecule has 15 heavy (non-hydrogen) atoms. The number of nitrogens with zero attached hydrogens (tertiary/aromatic N) is 3. The highest BCUT2D eigenvalue weighted by Gasteiger charge is 2.16. The van der Waals surface area contributed by atoms with Gasteiger partial charge in [-0.25, -0.2) is 9.97 Å². The molecule has 0 aliphatic heterocycles. The molecule has 1 heterocycles. The summed E-state index contributed by atoms with van der Waals surface area (Å²) >= 11 is 1.60. The van der Waals surface area contributed by atoms with Crippen LogP contribution in [0.4, 0.5) is 0 Å². The van der Waals surface area contributed by atoms with Crippen LogP contribution in [0.5, 0.6) is 0 Å². The Labute approximate surface area is 94.9 Å². The molecule has 0 spiro atoms. The van der Waals surface area contributed by atoms with Gasteiger partial charge in [0.25, 0.3) is 0 Å². The summed E-state index contributed by atoms with van der Waals surface area (Å²) in [6.45, 7) is 5.86. The zero-order valence-corrected chi connectivity index (χ0v) is 10.1. The molecule has 0 aliphatic rings. The summed E-state index contributed by atoms with van der Waals surface area (Å²) in [5.41, 5.74) is 0.814. The van der Waals surface area contributed by atoms with Gasteiger partial charge in [-0.05, 0) is 32.8 Å². The summed E-state index contributed by atoms with van der Waals surface area (Å²) in [7, 11) is 0. The molecule has 0 unspecified atom stereocenters. The summed E-state index contributed by atoms with van der Waals surface area (Å²) in [5, 5.41) is 9.62. The molecule has 0 amide bonds. The fourth-order valence-electron chi connectivity index (χ4n) is 0.909. The molecule has 0 saturated heterocycles. The number of hydrogen-bond acceptors (Lipinski definition) is 4. The van der Waals surface area contributed by atoms with Gasteiger partial charge in [0.15, 0.2) is 5.16 Å². The van der Waals surface area contributed by atoms with Crippen molar-refractivity contribution in [1.82, 2.24) is 9.97 Å². The van der Waals surface area contributed by atoms with Crippen molar-refractivity contribution in [2.45, 2.75) is 32.3 Å². The number of nitriles is 1. The van der Waals surface area contributed by atoms with Crippen LogP contribution < -0.4 is 0 Å². The first kappa shape index (κ1) is 12.0. The Hall–Kier alpha value is -1.08. The van der Waals surface area contributed by atoms with E-state index in [1.807, 2.05) is 33.2 Å². The topological polar surface area (TPSA) is 49.6 Å². The second-order valence-electron chi connectivity index (χ2n) is 4.14. The standard InChI is InChI=1S/C11H15N3S/c1-9-6-13-10(14-7-9)15-5-4-11(2,3)8-12/h6-7H,4-5H2,1-3H3. The maximum Gasteiger partial charge on any atom is 0.187 e. The second kappa shape index (κ2) is 5.13. The number of aromatic nitrogens is 2. The van der Waals surface area contributed by atoms with Gasteiger partial charge in [-0.15, -0.1) is 0 Å². The molecule has 3 nitrogen and oxygen atoms in total. The zero-order chi connectivity index (χ0) is 11.3. The summed E-state index contributed by atoms with van der Waals surface area (Å²) in [5.74, 6) is 0.879. The number of hydrogen-bond donors (Lipinski definition) is 0. The second-order valence-corrected chi connectivity index (χ2v) is 5.20. The van der Waals surface area contributed by atoms with Crippen molar-refractivity contribution >= 4 is 11.8 Å². The van der Waals surface area contributed by atoms with E-state index in [2.05, 4.69) is 16.0 Å². The Morgan fingerprint density at radius 3 is 2.53 bits per heavy atom. The van der Waals surface area contributed by atoms with E-state index in [0.29, 0.717) is 0 Å². The number of rotatable bonds is 4. The molecule has 0 saturated carbocycles. The van der Waals surface area contributed by atoms with Gasteiger partial charge in [0, 0.05) is 18.1 Å². The Bertz CT molecular complexity index is 351. The molecular weight excluding hydrogens is 206 g/mol. The van der Waals surface area contributed by atoms with Crippen LogP contribution in [-0.4, -0.2) is 15.7 Å². The van der Waals surface area contributed by atoms with E-state index in [9.17, 15) is 0 Å². The van der Waals surface area contributed by atoms with E-state index in [4.69, 9.17) is 5.26 Å². The van der Waals surface area contributed by atoms with Gasteiger partial charge < -0.3 is 0 Å². The number of thioether (sulfide) groups is 1. The van der Waals surface area contributed by atoms with Crippen molar-refractivity contribution in [2.75, 3.05) is 5.75 Å². The summed E-state index contributed by atoms with van der Waals surface area (Å²) in [4.78, 5) is 8.39. The fraction of sp³-hybridized carbons (Fsp3) is 0.545. The third-order valence-corrected chi connectivity index (χ3v) is 2.90. The Balaban J connectivity index is 2.39. The van der Waals surface area contributed by atoms with Crippen LogP contribution in [0, 0.1) is 23.7 Å². The Morgan fingerprint density at radius 2 is 2.00 bits per heavy atom. The van der Waals surface area contributed by atoms with Crippen LogP contribution in [0.1, 0.15) is 25.8 Å². The maximum absolute atomic E-state index is 8.84. The third-order valence-electron chi connectivity index (χ3n) is 2.02. The molecule has 0 aromatic carbocycles. The van der Waals surface area contributed by atoms with Crippen LogP contribution >= 0.6 is 11.8 Å². The highest BCUT2D eigenvalue weighted by atomic mass is 32.2. The van der Waals surface area contributed by atoms with Gasteiger partial charge in [0.1, 0.15) is 0 Å². The molecule has 0 radical (unpaired) electrons. The highest BCUT2D eigenvalue weighted by Crippen LogP contribution is 2.23. The minimum Gasteiger partial charge on any atom is -0.231 e. The van der Waals surface area contributed by atoms with Crippen LogP contribution in [0.25, 0.3) is 0 Å². The molecule has 0 atom stereocenters. The highest BCUT2D eigenvalue weighted by molar-refractivity contribution is 7.99. The van der Waals surface area contributed by atoms with E-state index in [1.165, 1.54) is 0 Å². The predicted octanol–water partition coefficient (Wildman–Crippen LogP) is 2.82. The summed E-state index contributed by atoms with van der Waals surface area (Å²) < 4.78 is 0. The van der Waals surface area contributed by atoms with Gasteiger partial charge >= 0.3 is 0 Å². The van der Waals surface area contributed by atoms with Crippen molar-refractivity contribution in [3.63, 3.8) is 0 Å². The molecule has 0 bridgehead atoms. The van der Waals surface area contributed by atoms with Crippen molar-refractivity contribution in [2.24, 2.45) is 5.41 Å². The largest absolute Gasteiger partial charge is 0.231 e. The zero-order valence-electron chi connectivity index (χ0n) is 9.32. The van der Waals surface area contributed by atoms with Crippen LogP contribution in [0.3, 0.4) is 0 Å². The monoisotopic (exact) mass is 221 g/mol. The minimum atomic E-state index is -0.252. The van der Waals surface area contributed by atoms with Crippen molar-refractivity contribution in [3.8, 4) is 6.07 Å². The van der Waals surface area contributed by atoms with Gasteiger partial charge in [-0.2, -0.15) is 5.26 Å². The molecule has 0 fully saturated rings. The molecule has 4 heteroatoms. The van der Waals surface area contributed by atoms with Crippen LogP contribution in [0.2, 0.25) is 0 Å². The first-order valence-corrected chi connectivity index (χ1v) is 5.85. The number of aryl methyl sites for hydroxylation is 1. The molecule has 1 aromatic heterocycles. The van der Waals surface area contributed by atoms with E-state index in [1.54, 1.807) is 11.8 Å². The van der Waals surface area contributed by atoms with Gasteiger partial charge in [-0.3, -0.25) is 0 Å². The quantitative estimate of drug-likeness (QED) is 0.579. The lowest BCUT2D eigenvalue weighted by molar-refractivity contribution is 0.482. The predicted molar refractivity (Wildman–Crippen MR) is 61.5 cm³/mol. The van der Waals surface area contributed by atoms with Crippen molar-refractivity contribution in [1.29, 1.82) is 5.26 Å². The summed E-state index contributed by atoms with van der Waals surface area (Å²) in [6.07, 6.45) is 4.47. The van der Waals surface area contributed by atoms with E-state index in [-0.39, 0.29) is 5.41 Å². The van der Waals surface area contributed by atoms with Gasteiger partial charge in [0.05, 0.1) is 11.5 Å². The van der Waals surface area contributed by atoms with E-state index >= 15 is 0 Å². The molecule has 1 aromatic rings. The maximum atomic E-state index is 8.84. The lowest BCUT2D eigenvalue weighted by Crippen LogP contribution is -2.08. The van der Waals surface area contributed by atoms with E-state index in [0.717, 1.165) is 22.9 Å². The van der Waals surface area contributed by atoms with E-state index < -0.39 is 0 Å². The average Bonchev–Trinajstić information content (AvgIpc) is 2.21. The van der Waals surface area contributed by atoms with Gasteiger partial charge in [-0.1, -0.05) is 11.8 Å². The molecule has 80 valence electrons. The first-order chi connectivity index (χ1) is 7.03. The van der Waals surface area contributed by atoms with Crippen molar-refractivity contribution < 1.29 is 0 Å². The smallest absolute Gasteiger partial charge is 0.187 e. The van der Waals surface area contributed by atoms with Crippen LogP contribution in [0.15, 0.2) is 17.6 Å². The normalized spacial score (nSPS) is 11.1. The molecular formula is C11H15N3S.